The first-order chi connectivity index (χ1) is 8.58. The highest BCUT2D eigenvalue weighted by atomic mass is 79.9. The molecule has 1 aromatic carbocycles. The Morgan fingerprint density at radius 2 is 2.06 bits per heavy atom. The molecule has 98 valence electrons. The summed E-state index contributed by atoms with van der Waals surface area (Å²) in [7, 11) is 0. The lowest BCUT2D eigenvalue weighted by Gasteiger charge is -2.31. The third-order valence-corrected chi connectivity index (χ3v) is 4.21. The summed E-state index contributed by atoms with van der Waals surface area (Å²) in [6, 6.07) is 7.81. The number of benzene rings is 1. The standard InChI is InChI=1S/C14H19BrN2O/c1-2-14(13(16)18,17-9-10-3-4-10)11-5-7-12(15)8-6-11/h5-8,10,17H,2-4,9H2,1H3,(H2,16,18). The van der Waals surface area contributed by atoms with Crippen LogP contribution in [0.3, 0.4) is 0 Å². The van der Waals surface area contributed by atoms with Crippen LogP contribution in [0.1, 0.15) is 31.7 Å². The van der Waals surface area contributed by atoms with Crippen LogP contribution in [-0.2, 0) is 10.3 Å². The smallest absolute Gasteiger partial charge is 0.242 e. The fourth-order valence-corrected chi connectivity index (χ4v) is 2.47. The number of primary amides is 1. The first-order valence-electron chi connectivity index (χ1n) is 6.39. The average molecular weight is 311 g/mol. The maximum atomic E-state index is 11.9. The van der Waals surface area contributed by atoms with Gasteiger partial charge >= 0.3 is 0 Å². The van der Waals surface area contributed by atoms with Crippen molar-refractivity contribution in [2.45, 2.75) is 31.7 Å². The normalized spacial score (nSPS) is 18.3. The molecule has 4 heteroatoms. The van der Waals surface area contributed by atoms with Gasteiger partial charge in [-0.25, -0.2) is 0 Å². The molecule has 3 N–H and O–H groups in total. The number of halogens is 1. The topological polar surface area (TPSA) is 55.1 Å². The Balaban J connectivity index is 2.26. The molecule has 1 fully saturated rings. The molecule has 3 nitrogen and oxygen atoms in total. The fraction of sp³-hybridized carbons (Fsp3) is 0.500. The molecule has 1 atom stereocenters. The van der Waals surface area contributed by atoms with E-state index in [4.69, 9.17) is 5.73 Å². The molecule has 1 aliphatic carbocycles. The van der Waals surface area contributed by atoms with Crippen LogP contribution in [0.4, 0.5) is 0 Å². The van der Waals surface area contributed by atoms with E-state index in [1.54, 1.807) is 0 Å². The molecule has 0 aliphatic heterocycles. The highest BCUT2D eigenvalue weighted by molar-refractivity contribution is 9.10. The van der Waals surface area contributed by atoms with Crippen molar-refractivity contribution in [1.82, 2.24) is 5.32 Å². The van der Waals surface area contributed by atoms with Gasteiger partial charge in [0.05, 0.1) is 0 Å². The first kappa shape index (κ1) is 13.6. The van der Waals surface area contributed by atoms with E-state index in [-0.39, 0.29) is 5.91 Å². The van der Waals surface area contributed by atoms with Crippen molar-refractivity contribution in [1.29, 1.82) is 0 Å². The van der Waals surface area contributed by atoms with Crippen LogP contribution in [0.5, 0.6) is 0 Å². The van der Waals surface area contributed by atoms with Gasteiger partial charge in [0.1, 0.15) is 5.54 Å². The molecule has 18 heavy (non-hydrogen) atoms. The van der Waals surface area contributed by atoms with E-state index >= 15 is 0 Å². The maximum Gasteiger partial charge on any atom is 0.242 e. The van der Waals surface area contributed by atoms with Gasteiger partial charge in [-0.2, -0.15) is 0 Å². The molecule has 1 amide bonds. The Kier molecular flexibility index (Phi) is 4.07. The zero-order valence-electron chi connectivity index (χ0n) is 10.6. The minimum Gasteiger partial charge on any atom is -0.368 e. The van der Waals surface area contributed by atoms with E-state index in [1.807, 2.05) is 31.2 Å². The molecule has 0 aromatic heterocycles. The van der Waals surface area contributed by atoms with Crippen molar-refractivity contribution >= 4 is 21.8 Å². The van der Waals surface area contributed by atoms with Gasteiger partial charge in [-0.1, -0.05) is 35.0 Å². The van der Waals surface area contributed by atoms with Gasteiger partial charge in [0.15, 0.2) is 0 Å². The highest BCUT2D eigenvalue weighted by Crippen LogP contribution is 2.31. The van der Waals surface area contributed by atoms with Gasteiger partial charge < -0.3 is 5.73 Å². The zero-order valence-corrected chi connectivity index (χ0v) is 12.2. The Hall–Kier alpha value is -0.870. The lowest BCUT2D eigenvalue weighted by molar-refractivity contribution is -0.125. The quantitative estimate of drug-likeness (QED) is 0.848. The predicted octanol–water partition coefficient (Wildman–Crippen LogP) is 2.54. The first-order valence-corrected chi connectivity index (χ1v) is 7.19. The van der Waals surface area contributed by atoms with Crippen LogP contribution in [0, 0.1) is 5.92 Å². The number of carbonyl (C=O) groups excluding carboxylic acids is 1. The summed E-state index contributed by atoms with van der Waals surface area (Å²) in [5.74, 6) is 0.415. The lowest BCUT2D eigenvalue weighted by Crippen LogP contribution is -2.52. The third-order valence-electron chi connectivity index (χ3n) is 3.68. The number of nitrogens with one attached hydrogen (secondary N) is 1. The van der Waals surface area contributed by atoms with Crippen molar-refractivity contribution < 1.29 is 4.79 Å². The second-order valence-electron chi connectivity index (χ2n) is 4.95. The van der Waals surface area contributed by atoms with Gasteiger partial charge in [-0.05, 0) is 49.4 Å². The molecule has 1 saturated carbocycles. The Morgan fingerprint density at radius 1 is 1.44 bits per heavy atom. The van der Waals surface area contributed by atoms with Crippen molar-refractivity contribution in [3.05, 3.63) is 34.3 Å². The van der Waals surface area contributed by atoms with Crippen LogP contribution in [0.25, 0.3) is 0 Å². The number of nitrogens with two attached hydrogens (primary N) is 1. The van der Waals surface area contributed by atoms with Crippen LogP contribution < -0.4 is 11.1 Å². The van der Waals surface area contributed by atoms with E-state index in [0.717, 1.165) is 16.6 Å². The van der Waals surface area contributed by atoms with Crippen LogP contribution >= 0.6 is 15.9 Å². The Bertz CT molecular complexity index is 428. The number of hydrogen-bond donors (Lipinski definition) is 2. The molecular weight excluding hydrogens is 292 g/mol. The molecule has 0 radical (unpaired) electrons. The van der Waals surface area contributed by atoms with Crippen LogP contribution in [0.2, 0.25) is 0 Å². The molecule has 1 unspecified atom stereocenters. The summed E-state index contributed by atoms with van der Waals surface area (Å²) in [6.45, 7) is 2.86. The van der Waals surface area contributed by atoms with E-state index < -0.39 is 5.54 Å². The van der Waals surface area contributed by atoms with E-state index in [0.29, 0.717) is 12.3 Å². The second-order valence-corrected chi connectivity index (χ2v) is 5.87. The van der Waals surface area contributed by atoms with E-state index in [1.165, 1.54) is 12.8 Å². The lowest BCUT2D eigenvalue weighted by atomic mass is 9.86. The largest absolute Gasteiger partial charge is 0.368 e. The van der Waals surface area contributed by atoms with Crippen LogP contribution in [-0.4, -0.2) is 12.5 Å². The molecule has 0 heterocycles. The number of carbonyl (C=O) groups is 1. The molecule has 1 aromatic rings. The molecule has 2 rings (SSSR count). The molecule has 0 spiro atoms. The SMILES string of the molecule is CCC(NCC1CC1)(C(N)=O)c1ccc(Br)cc1. The minimum atomic E-state index is -0.733. The monoisotopic (exact) mass is 310 g/mol. The summed E-state index contributed by atoms with van der Waals surface area (Å²) < 4.78 is 1.00. The Labute approximate surface area is 116 Å². The number of amides is 1. The van der Waals surface area contributed by atoms with Gasteiger partial charge in [-0.3, -0.25) is 10.1 Å². The van der Waals surface area contributed by atoms with Gasteiger partial charge in [0, 0.05) is 4.47 Å². The molecular formula is C14H19BrN2O. The van der Waals surface area contributed by atoms with Crippen molar-refractivity contribution in [3.63, 3.8) is 0 Å². The number of hydrogen-bond acceptors (Lipinski definition) is 2. The zero-order chi connectivity index (χ0) is 13.2. The van der Waals surface area contributed by atoms with Gasteiger partial charge in [0.25, 0.3) is 0 Å². The molecule has 0 saturated heterocycles. The van der Waals surface area contributed by atoms with Gasteiger partial charge in [-0.15, -0.1) is 0 Å². The maximum absolute atomic E-state index is 11.9. The summed E-state index contributed by atoms with van der Waals surface area (Å²) in [4.78, 5) is 11.9. The average Bonchev–Trinajstić information content (AvgIpc) is 3.16. The van der Waals surface area contributed by atoms with E-state index in [9.17, 15) is 4.79 Å². The summed E-state index contributed by atoms with van der Waals surface area (Å²) in [5.41, 5.74) is 5.86. The van der Waals surface area contributed by atoms with Gasteiger partial charge in [0.2, 0.25) is 5.91 Å². The van der Waals surface area contributed by atoms with E-state index in [2.05, 4.69) is 21.2 Å². The molecule has 0 bridgehead atoms. The van der Waals surface area contributed by atoms with Crippen molar-refractivity contribution in [2.24, 2.45) is 11.7 Å². The second kappa shape index (κ2) is 5.41. The van der Waals surface area contributed by atoms with Crippen molar-refractivity contribution in [2.75, 3.05) is 6.54 Å². The van der Waals surface area contributed by atoms with Crippen LogP contribution in [0.15, 0.2) is 28.7 Å². The fourth-order valence-electron chi connectivity index (χ4n) is 2.21. The predicted molar refractivity (Wildman–Crippen MR) is 76.0 cm³/mol. The third kappa shape index (κ3) is 2.75. The molecule has 1 aliphatic rings. The Morgan fingerprint density at radius 3 is 2.50 bits per heavy atom. The minimum absolute atomic E-state index is 0.298. The summed E-state index contributed by atoms with van der Waals surface area (Å²) >= 11 is 3.41. The summed E-state index contributed by atoms with van der Waals surface area (Å²) in [5, 5.41) is 3.39. The highest BCUT2D eigenvalue weighted by Gasteiger charge is 2.37. The summed E-state index contributed by atoms with van der Waals surface area (Å²) in [6.07, 6.45) is 3.18. The number of rotatable bonds is 6. The van der Waals surface area contributed by atoms with Crippen molar-refractivity contribution in [3.8, 4) is 0 Å².